The number of pyridine rings is 1. The molecular weight excluding hydrogens is 344 g/mol. The zero-order valence-corrected chi connectivity index (χ0v) is 14.7. The van der Waals surface area contributed by atoms with Gasteiger partial charge in [-0.1, -0.05) is 18.2 Å². The van der Waals surface area contributed by atoms with E-state index in [1.165, 1.54) is 7.11 Å². The fraction of sp³-hybridized carbons (Fsp3) is 0.150. The third kappa shape index (κ3) is 3.27. The smallest absolute Gasteiger partial charge is 0.328 e. The van der Waals surface area contributed by atoms with Gasteiger partial charge in [-0.25, -0.2) is 9.78 Å². The van der Waals surface area contributed by atoms with E-state index < -0.39 is 12.0 Å². The summed E-state index contributed by atoms with van der Waals surface area (Å²) in [5.74, 6) is -0.835. The monoisotopic (exact) mass is 362 g/mol. The van der Waals surface area contributed by atoms with Crippen LogP contribution in [0, 0.1) is 0 Å². The number of nitrogens with zero attached hydrogens (tertiary/aromatic N) is 2. The molecule has 0 aliphatic rings. The predicted octanol–water partition coefficient (Wildman–Crippen LogP) is 2.33. The number of hydrogen-bond donors (Lipinski definition) is 2. The van der Waals surface area contributed by atoms with Gasteiger partial charge in [0.15, 0.2) is 0 Å². The molecule has 3 heterocycles. The molecule has 27 heavy (non-hydrogen) atoms. The molecule has 4 rings (SSSR count). The lowest BCUT2D eigenvalue weighted by molar-refractivity contribution is -0.142. The minimum atomic E-state index is -0.791. The van der Waals surface area contributed by atoms with Crippen molar-refractivity contribution < 1.29 is 14.3 Å². The van der Waals surface area contributed by atoms with Crippen molar-refractivity contribution in [2.75, 3.05) is 7.11 Å². The van der Waals surface area contributed by atoms with E-state index in [-0.39, 0.29) is 5.91 Å². The second-order valence-electron chi connectivity index (χ2n) is 6.22. The third-order valence-corrected chi connectivity index (χ3v) is 4.54. The first kappa shape index (κ1) is 16.8. The number of aromatic amines is 1. The van der Waals surface area contributed by atoms with Crippen LogP contribution in [0.25, 0.3) is 16.6 Å². The van der Waals surface area contributed by atoms with Crippen LogP contribution in [0.2, 0.25) is 0 Å². The lowest BCUT2D eigenvalue weighted by atomic mass is 10.0. The van der Waals surface area contributed by atoms with Gasteiger partial charge in [-0.2, -0.15) is 0 Å². The van der Waals surface area contributed by atoms with Crippen LogP contribution in [0.3, 0.4) is 0 Å². The van der Waals surface area contributed by atoms with Gasteiger partial charge in [0.2, 0.25) is 0 Å². The summed E-state index contributed by atoms with van der Waals surface area (Å²) in [5, 5.41) is 3.80. The minimum Gasteiger partial charge on any atom is -0.467 e. The number of carbonyl (C=O) groups is 2. The van der Waals surface area contributed by atoms with E-state index in [0.29, 0.717) is 12.0 Å². The fourth-order valence-corrected chi connectivity index (χ4v) is 3.15. The Balaban J connectivity index is 1.58. The maximum atomic E-state index is 12.7. The van der Waals surface area contributed by atoms with Gasteiger partial charge in [0.25, 0.3) is 5.91 Å². The number of H-pyrrole nitrogens is 1. The van der Waals surface area contributed by atoms with Crippen molar-refractivity contribution in [1.29, 1.82) is 0 Å². The number of imidazole rings is 1. The molecule has 0 aliphatic carbocycles. The highest BCUT2D eigenvalue weighted by atomic mass is 16.5. The van der Waals surface area contributed by atoms with Crippen LogP contribution in [0.5, 0.6) is 0 Å². The first-order chi connectivity index (χ1) is 13.2. The highest BCUT2D eigenvalue weighted by Crippen LogP contribution is 2.19. The molecule has 0 spiro atoms. The average molecular weight is 362 g/mol. The number of hydrogen-bond acceptors (Lipinski definition) is 4. The van der Waals surface area contributed by atoms with Crippen LogP contribution >= 0.6 is 0 Å². The summed E-state index contributed by atoms with van der Waals surface area (Å²) < 4.78 is 6.64. The van der Waals surface area contributed by atoms with E-state index in [1.807, 2.05) is 30.5 Å². The minimum absolute atomic E-state index is 0.329. The third-order valence-electron chi connectivity index (χ3n) is 4.54. The summed E-state index contributed by atoms with van der Waals surface area (Å²) >= 11 is 0. The molecule has 0 unspecified atom stereocenters. The Morgan fingerprint density at radius 3 is 2.96 bits per heavy atom. The van der Waals surface area contributed by atoms with Gasteiger partial charge in [0.1, 0.15) is 11.7 Å². The molecule has 7 nitrogen and oxygen atoms in total. The number of aromatic nitrogens is 3. The molecule has 136 valence electrons. The number of rotatable bonds is 5. The molecular formula is C20H18N4O3. The molecule has 0 radical (unpaired) electrons. The van der Waals surface area contributed by atoms with Gasteiger partial charge < -0.3 is 19.4 Å². The Kier molecular flexibility index (Phi) is 4.33. The van der Waals surface area contributed by atoms with E-state index >= 15 is 0 Å². The van der Waals surface area contributed by atoms with Crippen molar-refractivity contribution in [3.8, 4) is 0 Å². The molecule has 7 heteroatoms. The molecule has 0 bridgehead atoms. The quantitative estimate of drug-likeness (QED) is 0.533. The zero-order valence-electron chi connectivity index (χ0n) is 14.7. The average Bonchev–Trinajstić information content (AvgIpc) is 3.33. The zero-order chi connectivity index (χ0) is 18.8. The van der Waals surface area contributed by atoms with Crippen LogP contribution in [0.15, 0.2) is 61.2 Å². The van der Waals surface area contributed by atoms with Crippen LogP contribution in [-0.2, 0) is 16.0 Å². The van der Waals surface area contributed by atoms with Crippen LogP contribution in [0.1, 0.15) is 15.9 Å². The normalized spacial score (nSPS) is 12.2. The van der Waals surface area contributed by atoms with Gasteiger partial charge in [0, 0.05) is 42.1 Å². The molecule has 2 N–H and O–H groups in total. The number of benzene rings is 1. The van der Waals surface area contributed by atoms with Crippen LogP contribution in [0.4, 0.5) is 0 Å². The summed E-state index contributed by atoms with van der Waals surface area (Å²) in [6.45, 7) is 0. The molecule has 4 aromatic rings. The van der Waals surface area contributed by atoms with Gasteiger partial charge in [0.05, 0.1) is 12.7 Å². The summed E-state index contributed by atoms with van der Waals surface area (Å²) in [4.78, 5) is 32.3. The molecule has 1 aromatic carbocycles. The number of esters is 1. The Hall–Kier alpha value is -3.61. The Labute approximate surface area is 155 Å². The van der Waals surface area contributed by atoms with Crippen LogP contribution < -0.4 is 5.32 Å². The van der Waals surface area contributed by atoms with E-state index in [2.05, 4.69) is 15.3 Å². The first-order valence-electron chi connectivity index (χ1n) is 8.52. The highest BCUT2D eigenvalue weighted by Gasteiger charge is 2.24. The van der Waals surface area contributed by atoms with Crippen molar-refractivity contribution in [1.82, 2.24) is 19.7 Å². The van der Waals surface area contributed by atoms with E-state index in [4.69, 9.17) is 4.74 Å². The molecule has 0 aliphatic heterocycles. The second-order valence-corrected chi connectivity index (χ2v) is 6.22. The standard InChI is InChI=1S/C20H18N4O3/c1-27-20(26)17(10-14-11-22-16-5-3-2-4-15(14)16)23-19(25)13-6-7-18-21-8-9-24(18)12-13/h2-9,11-12,17,22H,10H2,1H3,(H,23,25)/t17-/m1/s1. The lowest BCUT2D eigenvalue weighted by Gasteiger charge is -2.16. The van der Waals surface area contributed by atoms with Crippen molar-refractivity contribution in [3.63, 3.8) is 0 Å². The number of nitrogens with one attached hydrogen (secondary N) is 2. The van der Waals surface area contributed by atoms with Gasteiger partial charge in [-0.3, -0.25) is 4.79 Å². The van der Waals surface area contributed by atoms with Gasteiger partial charge in [-0.05, 0) is 23.8 Å². The Morgan fingerprint density at radius 1 is 1.26 bits per heavy atom. The largest absolute Gasteiger partial charge is 0.467 e. The molecule has 1 amide bonds. The summed E-state index contributed by atoms with van der Waals surface area (Å²) in [7, 11) is 1.31. The maximum absolute atomic E-state index is 12.7. The maximum Gasteiger partial charge on any atom is 0.328 e. The van der Waals surface area contributed by atoms with E-state index in [9.17, 15) is 9.59 Å². The van der Waals surface area contributed by atoms with Crippen molar-refractivity contribution in [3.05, 3.63) is 72.3 Å². The summed E-state index contributed by atoms with van der Waals surface area (Å²) in [5.41, 5.74) is 3.10. The number of amides is 1. The van der Waals surface area contributed by atoms with E-state index in [0.717, 1.165) is 22.1 Å². The molecule has 0 saturated carbocycles. The topological polar surface area (TPSA) is 88.5 Å². The van der Waals surface area contributed by atoms with Crippen LogP contribution in [-0.4, -0.2) is 39.4 Å². The van der Waals surface area contributed by atoms with Crippen molar-refractivity contribution in [2.24, 2.45) is 0 Å². The van der Waals surface area contributed by atoms with Crippen molar-refractivity contribution in [2.45, 2.75) is 12.5 Å². The molecule has 0 fully saturated rings. The summed E-state index contributed by atoms with van der Waals surface area (Å²) in [6.07, 6.45) is 7.28. The summed E-state index contributed by atoms with van der Waals surface area (Å²) in [6, 6.07) is 10.5. The van der Waals surface area contributed by atoms with Crippen molar-refractivity contribution >= 4 is 28.4 Å². The lowest BCUT2D eigenvalue weighted by Crippen LogP contribution is -2.43. The second kappa shape index (κ2) is 6.95. The number of fused-ring (bicyclic) bond motifs is 2. The molecule has 3 aromatic heterocycles. The van der Waals surface area contributed by atoms with Gasteiger partial charge >= 0.3 is 5.97 Å². The number of methoxy groups -OCH3 is 1. The molecule has 0 saturated heterocycles. The number of carbonyl (C=O) groups excluding carboxylic acids is 2. The number of para-hydroxylation sites is 1. The molecule has 1 atom stereocenters. The Bertz CT molecular complexity index is 1130. The highest BCUT2D eigenvalue weighted by molar-refractivity contribution is 5.97. The fourth-order valence-electron chi connectivity index (χ4n) is 3.15. The van der Waals surface area contributed by atoms with E-state index in [1.54, 1.807) is 35.1 Å². The van der Waals surface area contributed by atoms with Gasteiger partial charge in [-0.15, -0.1) is 0 Å². The first-order valence-corrected chi connectivity index (χ1v) is 8.52. The Morgan fingerprint density at radius 2 is 2.11 bits per heavy atom. The SMILES string of the molecule is COC(=O)[C@@H](Cc1c[nH]c2ccccc12)NC(=O)c1ccc2nccn2c1. The predicted molar refractivity (Wildman–Crippen MR) is 100 cm³/mol. The number of ether oxygens (including phenoxy) is 1.